The van der Waals surface area contributed by atoms with Gasteiger partial charge >= 0.3 is 6.03 Å². The van der Waals surface area contributed by atoms with Crippen LogP contribution in [0.2, 0.25) is 0 Å². The van der Waals surface area contributed by atoms with E-state index in [-0.39, 0.29) is 18.5 Å². The highest BCUT2D eigenvalue weighted by atomic mass is 16.5. The van der Waals surface area contributed by atoms with Gasteiger partial charge in [-0.2, -0.15) is 0 Å². The van der Waals surface area contributed by atoms with Crippen molar-refractivity contribution in [1.82, 2.24) is 15.4 Å². The standard InChI is InChI=1S/C13H19N3O3/c1-8(2)6-13(4)11(17)16(12(18)14-13)7-10-5-9(3)19-15-10/h5,8H,6-7H2,1-4H3,(H,14,18). The van der Waals surface area contributed by atoms with E-state index in [4.69, 9.17) is 4.52 Å². The summed E-state index contributed by atoms with van der Waals surface area (Å²) in [5, 5.41) is 6.58. The first-order chi connectivity index (χ1) is 8.82. The fourth-order valence-corrected chi connectivity index (χ4v) is 2.50. The zero-order chi connectivity index (χ0) is 14.2. The fraction of sp³-hybridized carbons (Fsp3) is 0.615. The molecule has 1 aromatic heterocycles. The van der Waals surface area contributed by atoms with E-state index in [1.807, 2.05) is 13.8 Å². The molecular formula is C13H19N3O3. The molecule has 0 spiro atoms. The van der Waals surface area contributed by atoms with E-state index in [2.05, 4.69) is 10.5 Å². The van der Waals surface area contributed by atoms with E-state index in [1.54, 1.807) is 19.9 Å². The molecule has 0 aromatic carbocycles. The Morgan fingerprint density at radius 1 is 1.47 bits per heavy atom. The summed E-state index contributed by atoms with van der Waals surface area (Å²) in [5.74, 6) is 0.780. The first-order valence-electron chi connectivity index (χ1n) is 6.38. The Bertz CT molecular complexity index is 509. The maximum atomic E-state index is 12.4. The third-order valence-corrected chi connectivity index (χ3v) is 3.16. The van der Waals surface area contributed by atoms with Crippen molar-refractivity contribution in [2.75, 3.05) is 0 Å². The maximum Gasteiger partial charge on any atom is 0.325 e. The molecular weight excluding hydrogens is 246 g/mol. The van der Waals surface area contributed by atoms with Crippen LogP contribution in [0.4, 0.5) is 4.79 Å². The van der Waals surface area contributed by atoms with Crippen LogP contribution in [0, 0.1) is 12.8 Å². The summed E-state index contributed by atoms with van der Waals surface area (Å²) >= 11 is 0. The molecule has 2 rings (SSSR count). The van der Waals surface area contributed by atoms with Crippen molar-refractivity contribution in [3.8, 4) is 0 Å². The summed E-state index contributed by atoms with van der Waals surface area (Å²) in [6.45, 7) is 7.73. The number of aryl methyl sites for hydroxylation is 1. The number of rotatable bonds is 4. The van der Waals surface area contributed by atoms with Crippen LogP contribution in [0.15, 0.2) is 10.6 Å². The highest BCUT2D eigenvalue weighted by Crippen LogP contribution is 2.26. The lowest BCUT2D eigenvalue weighted by Crippen LogP contribution is -2.44. The molecule has 2 heterocycles. The second-order valence-corrected chi connectivity index (χ2v) is 5.68. The number of hydrogen-bond acceptors (Lipinski definition) is 4. The molecule has 1 fully saturated rings. The SMILES string of the molecule is Cc1cc(CN2C(=O)NC(C)(CC(C)C)C2=O)no1. The molecule has 1 atom stereocenters. The quantitative estimate of drug-likeness (QED) is 0.843. The highest BCUT2D eigenvalue weighted by Gasteiger charge is 2.47. The Labute approximate surface area is 112 Å². The molecule has 1 aliphatic rings. The van der Waals surface area contributed by atoms with Crippen molar-refractivity contribution in [2.45, 2.75) is 46.2 Å². The number of hydrogen-bond donors (Lipinski definition) is 1. The predicted molar refractivity (Wildman–Crippen MR) is 68.2 cm³/mol. The van der Waals surface area contributed by atoms with Crippen LogP contribution in [-0.4, -0.2) is 27.5 Å². The molecule has 1 unspecified atom stereocenters. The topological polar surface area (TPSA) is 75.4 Å². The first-order valence-corrected chi connectivity index (χ1v) is 6.38. The molecule has 1 saturated heterocycles. The molecule has 6 heteroatoms. The number of nitrogens with zero attached hydrogens (tertiary/aromatic N) is 2. The molecule has 1 N–H and O–H groups in total. The molecule has 0 saturated carbocycles. The zero-order valence-corrected chi connectivity index (χ0v) is 11.7. The van der Waals surface area contributed by atoms with Gasteiger partial charge in [-0.15, -0.1) is 0 Å². The van der Waals surface area contributed by atoms with Gasteiger partial charge in [0.25, 0.3) is 5.91 Å². The van der Waals surface area contributed by atoms with Gasteiger partial charge in [0.05, 0.1) is 6.54 Å². The number of nitrogens with one attached hydrogen (secondary N) is 1. The Hall–Kier alpha value is -1.85. The van der Waals surface area contributed by atoms with Crippen LogP contribution >= 0.6 is 0 Å². The lowest BCUT2D eigenvalue weighted by molar-refractivity contribution is -0.131. The second-order valence-electron chi connectivity index (χ2n) is 5.68. The second kappa shape index (κ2) is 4.68. The number of aromatic nitrogens is 1. The zero-order valence-electron chi connectivity index (χ0n) is 11.7. The summed E-state index contributed by atoms with van der Waals surface area (Å²) in [5.41, 5.74) is -0.237. The summed E-state index contributed by atoms with van der Waals surface area (Å²) in [7, 11) is 0. The molecule has 0 aliphatic carbocycles. The lowest BCUT2D eigenvalue weighted by Gasteiger charge is -2.23. The first kappa shape index (κ1) is 13.6. The number of carbonyl (C=O) groups excluding carboxylic acids is 2. The van der Waals surface area contributed by atoms with Crippen molar-refractivity contribution in [3.05, 3.63) is 17.5 Å². The number of amides is 3. The molecule has 1 aromatic rings. The smallest absolute Gasteiger partial charge is 0.325 e. The predicted octanol–water partition coefficient (Wildman–Crippen LogP) is 1.84. The van der Waals surface area contributed by atoms with Crippen LogP contribution in [0.1, 0.15) is 38.6 Å². The summed E-state index contributed by atoms with van der Waals surface area (Å²) < 4.78 is 4.94. The molecule has 3 amide bonds. The molecule has 19 heavy (non-hydrogen) atoms. The minimum absolute atomic E-state index is 0.149. The largest absolute Gasteiger partial charge is 0.361 e. The average Bonchev–Trinajstić information content (AvgIpc) is 2.76. The minimum atomic E-state index is -0.815. The van der Waals surface area contributed by atoms with Crippen molar-refractivity contribution in [3.63, 3.8) is 0 Å². The van der Waals surface area contributed by atoms with Crippen molar-refractivity contribution < 1.29 is 14.1 Å². The Kier molecular flexibility index (Phi) is 3.34. The van der Waals surface area contributed by atoms with Crippen LogP contribution in [-0.2, 0) is 11.3 Å². The molecule has 1 aliphatic heterocycles. The van der Waals surface area contributed by atoms with Gasteiger partial charge in [0.15, 0.2) is 0 Å². The molecule has 0 bridgehead atoms. The van der Waals surface area contributed by atoms with Gasteiger partial charge in [-0.1, -0.05) is 19.0 Å². The van der Waals surface area contributed by atoms with Gasteiger partial charge in [0, 0.05) is 6.07 Å². The van der Waals surface area contributed by atoms with Gasteiger partial charge < -0.3 is 9.84 Å². The monoisotopic (exact) mass is 265 g/mol. The molecule has 104 valence electrons. The van der Waals surface area contributed by atoms with E-state index in [9.17, 15) is 9.59 Å². The van der Waals surface area contributed by atoms with Gasteiger partial charge in [-0.3, -0.25) is 9.69 Å². The van der Waals surface area contributed by atoms with Crippen molar-refractivity contribution in [1.29, 1.82) is 0 Å². The highest BCUT2D eigenvalue weighted by molar-refractivity contribution is 6.06. The summed E-state index contributed by atoms with van der Waals surface area (Å²) in [6, 6.07) is 1.35. The average molecular weight is 265 g/mol. The van der Waals surface area contributed by atoms with Crippen molar-refractivity contribution >= 4 is 11.9 Å². The van der Waals surface area contributed by atoms with E-state index >= 15 is 0 Å². The van der Waals surface area contributed by atoms with E-state index in [0.29, 0.717) is 23.8 Å². The van der Waals surface area contributed by atoms with E-state index in [1.165, 1.54) is 4.90 Å². The van der Waals surface area contributed by atoms with Crippen molar-refractivity contribution in [2.24, 2.45) is 5.92 Å². The number of urea groups is 1. The maximum absolute atomic E-state index is 12.4. The van der Waals surface area contributed by atoms with Gasteiger partial charge in [0.2, 0.25) is 0 Å². The minimum Gasteiger partial charge on any atom is -0.361 e. The normalized spacial score (nSPS) is 23.3. The summed E-state index contributed by atoms with van der Waals surface area (Å²) in [6.07, 6.45) is 0.617. The van der Waals surface area contributed by atoms with Crippen LogP contribution in [0.5, 0.6) is 0 Å². The van der Waals surface area contributed by atoms with Gasteiger partial charge in [0.1, 0.15) is 17.0 Å². The van der Waals surface area contributed by atoms with Crippen LogP contribution in [0.25, 0.3) is 0 Å². The molecule has 6 nitrogen and oxygen atoms in total. The Morgan fingerprint density at radius 3 is 2.68 bits per heavy atom. The van der Waals surface area contributed by atoms with Gasteiger partial charge in [-0.25, -0.2) is 4.79 Å². The van der Waals surface area contributed by atoms with Gasteiger partial charge in [-0.05, 0) is 26.2 Å². The van der Waals surface area contributed by atoms with Crippen LogP contribution < -0.4 is 5.32 Å². The third kappa shape index (κ3) is 2.62. The fourth-order valence-electron chi connectivity index (χ4n) is 2.50. The lowest BCUT2D eigenvalue weighted by atomic mass is 9.91. The molecule has 0 radical (unpaired) electrons. The van der Waals surface area contributed by atoms with E-state index in [0.717, 1.165) is 0 Å². The Balaban J connectivity index is 2.14. The summed E-state index contributed by atoms with van der Waals surface area (Å²) in [4.78, 5) is 25.5. The number of imide groups is 1. The third-order valence-electron chi connectivity index (χ3n) is 3.16. The number of carbonyl (C=O) groups is 2. The van der Waals surface area contributed by atoms with Crippen LogP contribution in [0.3, 0.4) is 0 Å². The van der Waals surface area contributed by atoms with E-state index < -0.39 is 5.54 Å². The Morgan fingerprint density at radius 2 is 2.16 bits per heavy atom.